The molecule has 1 heterocycles. The zero-order chi connectivity index (χ0) is 19.9. The minimum absolute atomic E-state index is 0.141. The van der Waals surface area contributed by atoms with Gasteiger partial charge in [-0.25, -0.2) is 4.98 Å². The average molecular weight is 376 g/mol. The van der Waals surface area contributed by atoms with Crippen LogP contribution in [0.1, 0.15) is 11.1 Å². The first-order valence-electron chi connectivity index (χ1n) is 8.74. The number of nitrogens with zero attached hydrogens (tertiary/aromatic N) is 4. The Kier molecular flexibility index (Phi) is 5.96. The van der Waals surface area contributed by atoms with Gasteiger partial charge in [-0.15, -0.1) is 0 Å². The number of benzene rings is 2. The highest BCUT2D eigenvalue weighted by Crippen LogP contribution is 2.31. The van der Waals surface area contributed by atoms with Gasteiger partial charge in [0.1, 0.15) is 0 Å². The lowest BCUT2D eigenvalue weighted by Crippen LogP contribution is -2.24. The smallest absolute Gasteiger partial charge is 0.313 e. The van der Waals surface area contributed by atoms with Crippen LogP contribution < -0.4 is 9.80 Å². The van der Waals surface area contributed by atoms with E-state index in [4.69, 9.17) is 0 Å². The van der Waals surface area contributed by atoms with Crippen molar-refractivity contribution in [2.75, 3.05) is 16.8 Å². The molecule has 142 valence electrons. The Hall–Kier alpha value is -3.74. The lowest BCUT2D eigenvalue weighted by atomic mass is 10.1. The van der Waals surface area contributed by atoms with Crippen molar-refractivity contribution in [1.29, 1.82) is 0 Å². The molecule has 0 aliphatic rings. The summed E-state index contributed by atoms with van der Waals surface area (Å²) >= 11 is 0. The fourth-order valence-electron chi connectivity index (χ4n) is 2.88. The standard InChI is InChI=1S/C21H20N4O3/c1-23(16-26)19-12-20(25(27)28)21(22-13-19)24(14-17-8-4-2-5-9-17)15-18-10-6-3-7-11-18/h2-13,16H,14-15H2,1H3. The van der Waals surface area contributed by atoms with Crippen molar-refractivity contribution in [3.8, 4) is 0 Å². The van der Waals surface area contributed by atoms with Crippen molar-refractivity contribution >= 4 is 23.6 Å². The quantitative estimate of drug-likeness (QED) is 0.339. The summed E-state index contributed by atoms with van der Waals surface area (Å²) in [7, 11) is 1.53. The molecule has 0 fully saturated rings. The molecule has 0 aliphatic heterocycles. The Morgan fingerprint density at radius 2 is 1.54 bits per heavy atom. The molecule has 2 aromatic carbocycles. The first kappa shape index (κ1) is 19.0. The van der Waals surface area contributed by atoms with E-state index < -0.39 is 4.92 Å². The van der Waals surface area contributed by atoms with Gasteiger partial charge in [-0.3, -0.25) is 14.9 Å². The van der Waals surface area contributed by atoms with Gasteiger partial charge in [-0.05, 0) is 11.1 Å². The molecule has 0 atom stereocenters. The largest absolute Gasteiger partial charge is 0.342 e. The number of anilines is 2. The van der Waals surface area contributed by atoms with E-state index >= 15 is 0 Å². The average Bonchev–Trinajstić information content (AvgIpc) is 2.73. The third-order valence-electron chi connectivity index (χ3n) is 4.33. The van der Waals surface area contributed by atoms with Crippen molar-refractivity contribution in [2.45, 2.75) is 13.1 Å². The molecular formula is C21H20N4O3. The highest BCUT2D eigenvalue weighted by molar-refractivity contribution is 5.76. The maximum Gasteiger partial charge on any atom is 0.313 e. The summed E-state index contributed by atoms with van der Waals surface area (Å²) < 4.78 is 0. The van der Waals surface area contributed by atoms with Crippen molar-refractivity contribution in [2.24, 2.45) is 0 Å². The van der Waals surface area contributed by atoms with E-state index in [0.717, 1.165) is 11.1 Å². The van der Waals surface area contributed by atoms with Gasteiger partial charge >= 0.3 is 5.69 Å². The molecule has 0 saturated heterocycles. The predicted octanol–water partition coefficient (Wildman–Crippen LogP) is 3.79. The molecule has 1 amide bonds. The first-order chi connectivity index (χ1) is 13.6. The number of pyridine rings is 1. The van der Waals surface area contributed by atoms with E-state index in [9.17, 15) is 14.9 Å². The lowest BCUT2D eigenvalue weighted by molar-refractivity contribution is -0.384. The fourth-order valence-corrected chi connectivity index (χ4v) is 2.88. The molecule has 3 aromatic rings. The number of rotatable bonds is 8. The minimum atomic E-state index is -0.465. The predicted molar refractivity (Wildman–Crippen MR) is 108 cm³/mol. The Morgan fingerprint density at radius 3 is 2.00 bits per heavy atom. The number of amides is 1. The second kappa shape index (κ2) is 8.77. The van der Waals surface area contributed by atoms with Crippen LogP contribution in [-0.4, -0.2) is 23.4 Å². The number of nitro groups is 1. The van der Waals surface area contributed by atoms with Crippen molar-refractivity contribution in [1.82, 2.24) is 4.98 Å². The molecule has 0 N–H and O–H groups in total. The van der Waals surface area contributed by atoms with Gasteiger partial charge in [0.15, 0.2) is 0 Å². The number of carbonyl (C=O) groups excluding carboxylic acids is 1. The Bertz CT molecular complexity index is 907. The summed E-state index contributed by atoms with van der Waals surface area (Å²) in [6.45, 7) is 0.929. The van der Waals surface area contributed by atoms with Crippen LogP contribution in [-0.2, 0) is 17.9 Å². The van der Waals surface area contributed by atoms with Crippen molar-refractivity contribution in [3.05, 3.63) is 94.2 Å². The van der Waals surface area contributed by atoms with E-state index in [2.05, 4.69) is 4.98 Å². The SMILES string of the molecule is CN(C=O)c1cnc(N(Cc2ccccc2)Cc2ccccc2)c([N+](=O)[O-])c1. The molecule has 28 heavy (non-hydrogen) atoms. The maximum absolute atomic E-state index is 11.7. The van der Waals surface area contributed by atoms with Gasteiger partial charge in [0.05, 0.1) is 16.8 Å². The van der Waals surface area contributed by atoms with Crippen molar-refractivity contribution < 1.29 is 9.72 Å². The van der Waals surface area contributed by atoms with Gasteiger partial charge in [0.2, 0.25) is 12.2 Å². The van der Waals surface area contributed by atoms with Crippen LogP contribution in [0.4, 0.5) is 17.2 Å². The summed E-state index contributed by atoms with van der Waals surface area (Å²) in [5.41, 5.74) is 2.26. The van der Waals surface area contributed by atoms with E-state index in [0.29, 0.717) is 25.2 Å². The van der Waals surface area contributed by atoms with Gasteiger partial charge in [0, 0.05) is 26.2 Å². The molecule has 7 heteroatoms. The van der Waals surface area contributed by atoms with E-state index in [1.54, 1.807) is 0 Å². The number of carbonyl (C=O) groups is 1. The zero-order valence-electron chi connectivity index (χ0n) is 15.4. The normalized spacial score (nSPS) is 10.3. The molecule has 0 unspecified atom stereocenters. The molecular weight excluding hydrogens is 356 g/mol. The molecule has 0 aliphatic carbocycles. The number of aromatic nitrogens is 1. The third kappa shape index (κ3) is 4.50. The molecule has 0 spiro atoms. The van der Waals surface area contributed by atoms with Crippen LogP contribution in [0.2, 0.25) is 0 Å². The molecule has 0 bridgehead atoms. The van der Waals surface area contributed by atoms with Crippen LogP contribution in [0.3, 0.4) is 0 Å². The van der Waals surface area contributed by atoms with Crippen molar-refractivity contribution in [3.63, 3.8) is 0 Å². The molecule has 1 aromatic heterocycles. The Labute approximate surface area is 163 Å². The molecule has 0 saturated carbocycles. The van der Waals surface area contributed by atoms with Gasteiger partial charge < -0.3 is 9.80 Å². The third-order valence-corrected chi connectivity index (χ3v) is 4.33. The van der Waals surface area contributed by atoms with Crippen LogP contribution in [0.5, 0.6) is 0 Å². The number of hydrogen-bond donors (Lipinski definition) is 0. The lowest BCUT2D eigenvalue weighted by Gasteiger charge is -2.24. The topological polar surface area (TPSA) is 79.6 Å². The summed E-state index contributed by atoms with van der Waals surface area (Å²) in [5, 5.41) is 11.7. The molecule has 7 nitrogen and oxygen atoms in total. The Balaban J connectivity index is 2.03. The van der Waals surface area contributed by atoms with Crippen LogP contribution in [0, 0.1) is 10.1 Å². The fraction of sp³-hybridized carbons (Fsp3) is 0.143. The highest BCUT2D eigenvalue weighted by Gasteiger charge is 2.23. The van der Waals surface area contributed by atoms with Crippen LogP contribution in [0.25, 0.3) is 0 Å². The van der Waals surface area contributed by atoms with E-state index in [1.807, 2.05) is 65.6 Å². The summed E-state index contributed by atoms with van der Waals surface area (Å²) in [6.07, 6.45) is 2.06. The second-order valence-electron chi connectivity index (χ2n) is 6.34. The van der Waals surface area contributed by atoms with E-state index in [1.165, 1.54) is 24.2 Å². The monoisotopic (exact) mass is 376 g/mol. The zero-order valence-corrected chi connectivity index (χ0v) is 15.4. The number of hydrogen-bond acceptors (Lipinski definition) is 5. The molecule has 3 rings (SSSR count). The summed E-state index contributed by atoms with van der Waals surface area (Å²) in [6, 6.07) is 20.8. The summed E-state index contributed by atoms with van der Waals surface area (Å²) in [4.78, 5) is 29.7. The summed E-state index contributed by atoms with van der Waals surface area (Å²) in [5.74, 6) is 0.265. The minimum Gasteiger partial charge on any atom is -0.342 e. The maximum atomic E-state index is 11.7. The molecule has 0 radical (unpaired) electrons. The second-order valence-corrected chi connectivity index (χ2v) is 6.34. The van der Waals surface area contributed by atoms with Gasteiger partial charge in [-0.1, -0.05) is 60.7 Å². The first-order valence-corrected chi connectivity index (χ1v) is 8.74. The van der Waals surface area contributed by atoms with Crippen LogP contribution >= 0.6 is 0 Å². The highest BCUT2D eigenvalue weighted by atomic mass is 16.6. The van der Waals surface area contributed by atoms with Gasteiger partial charge in [0.25, 0.3) is 0 Å². The van der Waals surface area contributed by atoms with Gasteiger partial charge in [-0.2, -0.15) is 0 Å². The van der Waals surface area contributed by atoms with E-state index in [-0.39, 0.29) is 11.5 Å². The van der Waals surface area contributed by atoms with Crippen LogP contribution in [0.15, 0.2) is 72.9 Å². The Morgan fingerprint density at radius 1 is 1.00 bits per heavy atom.